The Morgan fingerprint density at radius 3 is 2.78 bits per heavy atom. The molecule has 3 aromatic rings. The van der Waals surface area contributed by atoms with E-state index in [1.807, 2.05) is 0 Å². The Balaban J connectivity index is 1.65. The summed E-state index contributed by atoms with van der Waals surface area (Å²) >= 11 is 0. The Bertz CT molecular complexity index is 916. The van der Waals surface area contributed by atoms with Crippen molar-refractivity contribution in [1.29, 1.82) is 0 Å². The van der Waals surface area contributed by atoms with Gasteiger partial charge in [0, 0.05) is 29.3 Å². The molecular formula is C17H13NO5. The van der Waals surface area contributed by atoms with Crippen LogP contribution in [-0.4, -0.2) is 17.6 Å². The molecule has 0 aliphatic heterocycles. The molecule has 1 aromatic heterocycles. The topological polar surface area (TPSA) is 88.8 Å². The molecule has 1 heterocycles. The van der Waals surface area contributed by atoms with E-state index < -0.39 is 5.63 Å². The molecule has 0 saturated heterocycles. The number of amides is 1. The summed E-state index contributed by atoms with van der Waals surface area (Å²) in [5.74, 6) is 0.108. The Hall–Kier alpha value is -3.28. The maximum atomic E-state index is 11.8. The van der Waals surface area contributed by atoms with Crippen LogP contribution in [0, 0.1) is 0 Å². The number of hydrogen-bond donors (Lipinski definition) is 2. The van der Waals surface area contributed by atoms with Gasteiger partial charge >= 0.3 is 5.63 Å². The molecule has 0 bridgehead atoms. The van der Waals surface area contributed by atoms with Gasteiger partial charge < -0.3 is 19.6 Å². The second-order valence-corrected chi connectivity index (χ2v) is 4.84. The van der Waals surface area contributed by atoms with Gasteiger partial charge in [-0.2, -0.15) is 0 Å². The summed E-state index contributed by atoms with van der Waals surface area (Å²) < 4.78 is 10.4. The zero-order valence-corrected chi connectivity index (χ0v) is 12.0. The highest BCUT2D eigenvalue weighted by Crippen LogP contribution is 2.19. The fourth-order valence-electron chi connectivity index (χ4n) is 2.06. The third kappa shape index (κ3) is 3.68. The third-order valence-electron chi connectivity index (χ3n) is 3.09. The van der Waals surface area contributed by atoms with Crippen molar-refractivity contribution in [3.63, 3.8) is 0 Å². The fourth-order valence-corrected chi connectivity index (χ4v) is 2.06. The molecule has 0 aliphatic carbocycles. The minimum atomic E-state index is -0.448. The highest BCUT2D eigenvalue weighted by molar-refractivity contribution is 5.92. The van der Waals surface area contributed by atoms with E-state index in [2.05, 4.69) is 5.32 Å². The van der Waals surface area contributed by atoms with Crippen LogP contribution in [0.15, 0.2) is 63.8 Å². The number of phenols is 1. The van der Waals surface area contributed by atoms with Gasteiger partial charge in [-0.1, -0.05) is 6.07 Å². The van der Waals surface area contributed by atoms with Gasteiger partial charge in [0.2, 0.25) is 0 Å². The van der Waals surface area contributed by atoms with Crippen LogP contribution >= 0.6 is 0 Å². The van der Waals surface area contributed by atoms with Crippen LogP contribution in [0.2, 0.25) is 0 Å². The van der Waals surface area contributed by atoms with Crippen LogP contribution in [0.25, 0.3) is 11.0 Å². The largest absolute Gasteiger partial charge is 0.508 e. The molecular weight excluding hydrogens is 298 g/mol. The molecule has 0 aliphatic rings. The number of anilines is 1. The Morgan fingerprint density at radius 1 is 1.13 bits per heavy atom. The van der Waals surface area contributed by atoms with E-state index in [0.29, 0.717) is 17.0 Å². The first-order valence-corrected chi connectivity index (χ1v) is 6.86. The summed E-state index contributed by atoms with van der Waals surface area (Å²) in [5, 5.41) is 12.7. The van der Waals surface area contributed by atoms with Gasteiger partial charge in [-0.15, -0.1) is 0 Å². The van der Waals surface area contributed by atoms with E-state index in [0.717, 1.165) is 5.39 Å². The molecule has 0 unspecified atom stereocenters. The van der Waals surface area contributed by atoms with E-state index in [9.17, 15) is 14.7 Å². The van der Waals surface area contributed by atoms with E-state index in [1.54, 1.807) is 36.4 Å². The molecule has 0 fully saturated rings. The Kier molecular flexibility index (Phi) is 3.97. The predicted molar refractivity (Wildman–Crippen MR) is 84.7 cm³/mol. The number of aromatic hydroxyl groups is 1. The molecule has 1 amide bonds. The Labute approximate surface area is 130 Å². The van der Waals surface area contributed by atoms with E-state index in [1.165, 1.54) is 18.2 Å². The smallest absolute Gasteiger partial charge is 0.336 e. The maximum Gasteiger partial charge on any atom is 0.336 e. The number of hydrogen-bond acceptors (Lipinski definition) is 5. The molecule has 3 rings (SSSR count). The highest BCUT2D eigenvalue weighted by atomic mass is 16.5. The van der Waals surface area contributed by atoms with Crippen LogP contribution in [0.1, 0.15) is 0 Å². The predicted octanol–water partition coefficient (Wildman–Crippen LogP) is 2.52. The van der Waals surface area contributed by atoms with E-state index >= 15 is 0 Å². The molecule has 23 heavy (non-hydrogen) atoms. The van der Waals surface area contributed by atoms with Gasteiger partial charge in [0.05, 0.1) is 0 Å². The summed E-state index contributed by atoms with van der Waals surface area (Å²) in [6.45, 7) is -0.210. The lowest BCUT2D eigenvalue weighted by molar-refractivity contribution is -0.118. The summed E-state index contributed by atoms with van der Waals surface area (Å²) in [7, 11) is 0. The van der Waals surface area contributed by atoms with Gasteiger partial charge in [0.15, 0.2) is 6.61 Å². The van der Waals surface area contributed by atoms with Crippen molar-refractivity contribution >= 4 is 22.6 Å². The lowest BCUT2D eigenvalue weighted by Gasteiger charge is -2.08. The molecule has 116 valence electrons. The monoisotopic (exact) mass is 311 g/mol. The second kappa shape index (κ2) is 6.23. The molecule has 6 heteroatoms. The molecule has 0 saturated carbocycles. The first kappa shape index (κ1) is 14.6. The number of carbonyl (C=O) groups excluding carboxylic acids is 1. The van der Waals surface area contributed by atoms with Crippen molar-refractivity contribution in [1.82, 2.24) is 0 Å². The van der Waals surface area contributed by atoms with E-state index in [-0.39, 0.29) is 18.3 Å². The van der Waals surface area contributed by atoms with Crippen molar-refractivity contribution in [2.45, 2.75) is 0 Å². The summed E-state index contributed by atoms with van der Waals surface area (Å²) in [6.07, 6.45) is 0. The zero-order chi connectivity index (χ0) is 16.2. The zero-order valence-electron chi connectivity index (χ0n) is 12.0. The van der Waals surface area contributed by atoms with Crippen molar-refractivity contribution in [2.75, 3.05) is 11.9 Å². The summed E-state index contributed by atoms with van der Waals surface area (Å²) in [5.41, 5.74) is 0.419. The molecule has 2 aromatic carbocycles. The minimum Gasteiger partial charge on any atom is -0.508 e. The van der Waals surface area contributed by atoms with Crippen LogP contribution in [0.3, 0.4) is 0 Å². The normalized spacial score (nSPS) is 10.4. The van der Waals surface area contributed by atoms with Gasteiger partial charge in [-0.05, 0) is 30.3 Å². The average Bonchev–Trinajstić information content (AvgIpc) is 2.52. The van der Waals surface area contributed by atoms with Crippen molar-refractivity contribution in [2.24, 2.45) is 0 Å². The molecule has 0 spiro atoms. The van der Waals surface area contributed by atoms with Crippen molar-refractivity contribution in [3.05, 3.63) is 65.0 Å². The van der Waals surface area contributed by atoms with Crippen molar-refractivity contribution in [3.8, 4) is 11.5 Å². The maximum absolute atomic E-state index is 11.8. The van der Waals surface area contributed by atoms with Crippen LogP contribution in [-0.2, 0) is 4.79 Å². The van der Waals surface area contributed by atoms with Gasteiger partial charge in [0.1, 0.15) is 17.1 Å². The standard InChI is InChI=1S/C17H13NO5/c19-13-3-1-2-12(8-13)18-16(20)10-22-14-6-4-11-5-7-17(21)23-15(11)9-14/h1-9,19H,10H2,(H,18,20). The molecule has 6 nitrogen and oxygen atoms in total. The van der Waals surface area contributed by atoms with Crippen LogP contribution in [0.5, 0.6) is 11.5 Å². The first-order valence-electron chi connectivity index (χ1n) is 6.86. The highest BCUT2D eigenvalue weighted by Gasteiger charge is 2.06. The van der Waals surface area contributed by atoms with Crippen LogP contribution < -0.4 is 15.7 Å². The number of ether oxygens (including phenoxy) is 1. The van der Waals surface area contributed by atoms with Crippen LogP contribution in [0.4, 0.5) is 5.69 Å². The number of rotatable bonds is 4. The number of fused-ring (bicyclic) bond motifs is 1. The van der Waals surface area contributed by atoms with Gasteiger partial charge in [-0.3, -0.25) is 4.79 Å². The summed E-state index contributed by atoms with van der Waals surface area (Å²) in [6, 6.07) is 14.2. The summed E-state index contributed by atoms with van der Waals surface area (Å²) in [4.78, 5) is 23.0. The fraction of sp³-hybridized carbons (Fsp3) is 0.0588. The molecule has 0 radical (unpaired) electrons. The number of benzene rings is 2. The lowest BCUT2D eigenvalue weighted by atomic mass is 10.2. The second-order valence-electron chi connectivity index (χ2n) is 4.84. The molecule has 0 atom stereocenters. The molecule has 2 N–H and O–H groups in total. The van der Waals surface area contributed by atoms with E-state index in [4.69, 9.17) is 9.15 Å². The average molecular weight is 311 g/mol. The third-order valence-corrected chi connectivity index (χ3v) is 3.09. The quantitative estimate of drug-likeness (QED) is 0.723. The van der Waals surface area contributed by atoms with Crippen molar-refractivity contribution < 1.29 is 19.1 Å². The number of carbonyl (C=O) groups is 1. The number of nitrogens with one attached hydrogen (secondary N) is 1. The minimum absolute atomic E-state index is 0.0632. The Morgan fingerprint density at radius 2 is 1.96 bits per heavy atom. The number of phenolic OH excluding ortho intramolecular Hbond substituents is 1. The van der Waals surface area contributed by atoms with Gasteiger partial charge in [0.25, 0.3) is 5.91 Å². The SMILES string of the molecule is O=C(COc1ccc2ccc(=O)oc2c1)Nc1cccc(O)c1. The van der Waals surface area contributed by atoms with Gasteiger partial charge in [-0.25, -0.2) is 4.79 Å². The first-order chi connectivity index (χ1) is 11.1. The lowest BCUT2D eigenvalue weighted by Crippen LogP contribution is -2.20.